The van der Waals surface area contributed by atoms with Gasteiger partial charge in [0.25, 0.3) is 0 Å². The molecule has 0 aliphatic rings. The average Bonchev–Trinajstić information content (AvgIpc) is 2.26. The maximum absolute atomic E-state index is 5.59. The molecule has 0 fully saturated rings. The SMILES string of the molecule is CCNCC(CCOCCCOC)C(C)C. The van der Waals surface area contributed by atoms with Gasteiger partial charge in [-0.25, -0.2) is 0 Å². The normalized spacial score (nSPS) is 13.3. The zero-order valence-corrected chi connectivity index (χ0v) is 11.4. The summed E-state index contributed by atoms with van der Waals surface area (Å²) >= 11 is 0. The first kappa shape index (κ1) is 15.9. The largest absolute Gasteiger partial charge is 0.385 e. The molecule has 1 unspecified atom stereocenters. The fraction of sp³-hybridized carbons (Fsp3) is 1.00. The summed E-state index contributed by atoms with van der Waals surface area (Å²) < 4.78 is 10.6. The lowest BCUT2D eigenvalue weighted by molar-refractivity contribution is 0.0892. The van der Waals surface area contributed by atoms with Crippen LogP contribution in [0.2, 0.25) is 0 Å². The van der Waals surface area contributed by atoms with Crippen molar-refractivity contribution in [1.29, 1.82) is 0 Å². The van der Waals surface area contributed by atoms with Crippen molar-refractivity contribution in [3.05, 3.63) is 0 Å². The maximum atomic E-state index is 5.59. The Hall–Kier alpha value is -0.120. The van der Waals surface area contributed by atoms with Gasteiger partial charge in [-0.2, -0.15) is 0 Å². The van der Waals surface area contributed by atoms with E-state index in [1.165, 1.54) is 0 Å². The van der Waals surface area contributed by atoms with E-state index in [4.69, 9.17) is 9.47 Å². The topological polar surface area (TPSA) is 30.5 Å². The molecule has 98 valence electrons. The summed E-state index contributed by atoms with van der Waals surface area (Å²) in [4.78, 5) is 0. The van der Waals surface area contributed by atoms with Gasteiger partial charge in [-0.3, -0.25) is 0 Å². The molecule has 1 N–H and O–H groups in total. The monoisotopic (exact) mass is 231 g/mol. The number of ether oxygens (including phenoxy) is 2. The molecule has 3 heteroatoms. The number of nitrogens with one attached hydrogen (secondary N) is 1. The molecule has 1 atom stereocenters. The van der Waals surface area contributed by atoms with E-state index in [1.807, 2.05) is 0 Å². The molecule has 0 heterocycles. The third-order valence-corrected chi connectivity index (χ3v) is 2.87. The van der Waals surface area contributed by atoms with Crippen molar-refractivity contribution in [3.63, 3.8) is 0 Å². The highest BCUT2D eigenvalue weighted by molar-refractivity contribution is 4.65. The number of hydrogen-bond acceptors (Lipinski definition) is 3. The lowest BCUT2D eigenvalue weighted by Gasteiger charge is -2.21. The Kier molecular flexibility index (Phi) is 11.3. The molecule has 0 aliphatic carbocycles. The van der Waals surface area contributed by atoms with Crippen LogP contribution in [0.1, 0.15) is 33.6 Å². The number of hydrogen-bond donors (Lipinski definition) is 1. The minimum absolute atomic E-state index is 0.724. The van der Waals surface area contributed by atoms with E-state index in [2.05, 4.69) is 26.1 Å². The van der Waals surface area contributed by atoms with E-state index in [0.29, 0.717) is 0 Å². The van der Waals surface area contributed by atoms with Crippen molar-refractivity contribution in [2.45, 2.75) is 33.6 Å². The molecule has 16 heavy (non-hydrogen) atoms. The first-order valence-electron chi connectivity index (χ1n) is 6.49. The van der Waals surface area contributed by atoms with Gasteiger partial charge in [0.1, 0.15) is 0 Å². The van der Waals surface area contributed by atoms with Gasteiger partial charge in [0.2, 0.25) is 0 Å². The lowest BCUT2D eigenvalue weighted by Crippen LogP contribution is -2.27. The van der Waals surface area contributed by atoms with Crippen molar-refractivity contribution >= 4 is 0 Å². The predicted octanol–water partition coefficient (Wildman–Crippen LogP) is 2.31. The molecule has 0 bridgehead atoms. The van der Waals surface area contributed by atoms with E-state index in [0.717, 1.165) is 57.6 Å². The second-order valence-corrected chi connectivity index (χ2v) is 4.56. The highest BCUT2D eigenvalue weighted by Crippen LogP contribution is 2.14. The van der Waals surface area contributed by atoms with E-state index < -0.39 is 0 Å². The Balaban J connectivity index is 3.44. The van der Waals surface area contributed by atoms with Crippen LogP contribution in [0.3, 0.4) is 0 Å². The summed E-state index contributed by atoms with van der Waals surface area (Å²) in [6.45, 7) is 11.4. The van der Waals surface area contributed by atoms with E-state index in [9.17, 15) is 0 Å². The molecule has 0 aliphatic heterocycles. The van der Waals surface area contributed by atoms with Gasteiger partial charge in [0.15, 0.2) is 0 Å². The van der Waals surface area contributed by atoms with Gasteiger partial charge in [0.05, 0.1) is 0 Å². The molecular weight excluding hydrogens is 202 g/mol. The molecule has 0 saturated carbocycles. The maximum Gasteiger partial charge on any atom is 0.0487 e. The fourth-order valence-corrected chi connectivity index (χ4v) is 1.64. The van der Waals surface area contributed by atoms with E-state index >= 15 is 0 Å². The van der Waals surface area contributed by atoms with Crippen LogP contribution in [0.4, 0.5) is 0 Å². The van der Waals surface area contributed by atoms with Crippen molar-refractivity contribution in [2.24, 2.45) is 11.8 Å². The summed E-state index contributed by atoms with van der Waals surface area (Å²) in [6, 6.07) is 0. The third-order valence-electron chi connectivity index (χ3n) is 2.87. The Morgan fingerprint density at radius 2 is 1.88 bits per heavy atom. The summed E-state index contributed by atoms with van der Waals surface area (Å²) in [6.07, 6.45) is 2.15. The van der Waals surface area contributed by atoms with Crippen LogP contribution in [0, 0.1) is 11.8 Å². The zero-order chi connectivity index (χ0) is 12.2. The van der Waals surface area contributed by atoms with Crippen LogP contribution in [0.15, 0.2) is 0 Å². The Morgan fingerprint density at radius 1 is 1.12 bits per heavy atom. The summed E-state index contributed by atoms with van der Waals surface area (Å²) in [5, 5.41) is 3.42. The average molecular weight is 231 g/mol. The molecule has 0 aromatic heterocycles. The van der Waals surface area contributed by atoms with Crippen LogP contribution >= 0.6 is 0 Å². The van der Waals surface area contributed by atoms with Crippen LogP contribution < -0.4 is 5.32 Å². The molecule has 0 rings (SSSR count). The Morgan fingerprint density at radius 3 is 2.44 bits per heavy atom. The zero-order valence-electron chi connectivity index (χ0n) is 11.4. The van der Waals surface area contributed by atoms with Crippen LogP contribution in [-0.4, -0.2) is 40.0 Å². The van der Waals surface area contributed by atoms with Gasteiger partial charge >= 0.3 is 0 Å². The first-order valence-corrected chi connectivity index (χ1v) is 6.49. The summed E-state index contributed by atoms with van der Waals surface area (Å²) in [5.74, 6) is 1.45. The number of methoxy groups -OCH3 is 1. The molecule has 3 nitrogen and oxygen atoms in total. The van der Waals surface area contributed by atoms with Gasteiger partial charge in [-0.15, -0.1) is 0 Å². The minimum Gasteiger partial charge on any atom is -0.385 e. The predicted molar refractivity (Wildman–Crippen MR) is 68.8 cm³/mol. The highest BCUT2D eigenvalue weighted by atomic mass is 16.5. The second kappa shape index (κ2) is 11.4. The van der Waals surface area contributed by atoms with Gasteiger partial charge in [-0.1, -0.05) is 20.8 Å². The van der Waals surface area contributed by atoms with Crippen molar-refractivity contribution in [2.75, 3.05) is 40.0 Å². The van der Waals surface area contributed by atoms with Crippen molar-refractivity contribution in [3.8, 4) is 0 Å². The van der Waals surface area contributed by atoms with Gasteiger partial charge in [0, 0.05) is 26.9 Å². The van der Waals surface area contributed by atoms with Crippen LogP contribution in [0.25, 0.3) is 0 Å². The van der Waals surface area contributed by atoms with Gasteiger partial charge in [-0.05, 0) is 37.8 Å². The highest BCUT2D eigenvalue weighted by Gasteiger charge is 2.12. The molecular formula is C13H29NO2. The molecule has 0 aromatic rings. The molecule has 0 radical (unpaired) electrons. The standard InChI is InChI=1S/C13H29NO2/c1-5-14-11-13(12(2)3)7-10-16-9-6-8-15-4/h12-14H,5-11H2,1-4H3. The second-order valence-electron chi connectivity index (χ2n) is 4.56. The Labute approximate surface area is 101 Å². The molecule has 0 saturated heterocycles. The number of rotatable bonds is 11. The van der Waals surface area contributed by atoms with Gasteiger partial charge < -0.3 is 14.8 Å². The molecule has 0 amide bonds. The Bertz CT molecular complexity index is 140. The molecule has 0 aromatic carbocycles. The third kappa shape index (κ3) is 9.13. The quantitative estimate of drug-likeness (QED) is 0.554. The van der Waals surface area contributed by atoms with Crippen molar-refractivity contribution < 1.29 is 9.47 Å². The molecule has 0 spiro atoms. The smallest absolute Gasteiger partial charge is 0.0487 e. The van der Waals surface area contributed by atoms with E-state index in [-0.39, 0.29) is 0 Å². The van der Waals surface area contributed by atoms with Crippen LogP contribution in [-0.2, 0) is 9.47 Å². The first-order chi connectivity index (χ1) is 7.72. The van der Waals surface area contributed by atoms with Crippen LogP contribution in [0.5, 0.6) is 0 Å². The summed E-state index contributed by atoms with van der Waals surface area (Å²) in [5.41, 5.74) is 0. The lowest BCUT2D eigenvalue weighted by atomic mass is 9.93. The van der Waals surface area contributed by atoms with Crippen molar-refractivity contribution in [1.82, 2.24) is 5.32 Å². The fourth-order valence-electron chi connectivity index (χ4n) is 1.64. The van der Waals surface area contributed by atoms with E-state index in [1.54, 1.807) is 7.11 Å². The minimum atomic E-state index is 0.724. The summed E-state index contributed by atoms with van der Waals surface area (Å²) in [7, 11) is 1.73.